The zero-order valence-electron chi connectivity index (χ0n) is 9.90. The van der Waals surface area contributed by atoms with Gasteiger partial charge in [0.1, 0.15) is 6.04 Å². The second kappa shape index (κ2) is 5.48. The number of nitrogens with one attached hydrogen (secondary N) is 1. The van der Waals surface area contributed by atoms with Crippen LogP contribution in [0.25, 0.3) is 0 Å². The molecule has 1 saturated carbocycles. The largest absolute Gasteiger partial charge is 0.480 e. The molecule has 5 nitrogen and oxygen atoms in total. The van der Waals surface area contributed by atoms with Gasteiger partial charge in [-0.15, -0.1) is 0 Å². The van der Waals surface area contributed by atoms with Crippen LogP contribution in [0.2, 0.25) is 0 Å². The van der Waals surface area contributed by atoms with Crippen molar-refractivity contribution < 1.29 is 22.9 Å². The molecule has 8 heteroatoms. The summed E-state index contributed by atoms with van der Waals surface area (Å²) in [6.45, 7) is 0. The van der Waals surface area contributed by atoms with E-state index in [2.05, 4.69) is 0 Å². The van der Waals surface area contributed by atoms with Crippen molar-refractivity contribution in [3.63, 3.8) is 0 Å². The van der Waals surface area contributed by atoms with Crippen LogP contribution >= 0.6 is 0 Å². The van der Waals surface area contributed by atoms with Crippen LogP contribution in [0.3, 0.4) is 0 Å². The monoisotopic (exact) mass is 284 g/mol. The van der Waals surface area contributed by atoms with Gasteiger partial charge in [-0.05, 0) is 18.8 Å². The predicted octanol–water partition coefficient (Wildman–Crippen LogP) is 1.27. The van der Waals surface area contributed by atoms with E-state index in [0.717, 1.165) is 0 Å². The molecule has 4 N–H and O–H groups in total. The molecule has 0 amide bonds. The summed E-state index contributed by atoms with van der Waals surface area (Å²) in [6, 6.07) is -1.12. The molecule has 1 fully saturated rings. The maximum Gasteiger partial charge on any atom is 0.320 e. The number of carboxylic acid groups (broad SMARTS) is 1. The molecule has 0 aromatic carbocycles. The SMILES string of the molecule is N=S(=O)(CCC1CC(F)(F)C1)CCC(N)C(=O)O. The van der Waals surface area contributed by atoms with Crippen molar-refractivity contribution in [1.82, 2.24) is 0 Å². The summed E-state index contributed by atoms with van der Waals surface area (Å²) in [7, 11) is -2.91. The molecule has 0 saturated heterocycles. The van der Waals surface area contributed by atoms with E-state index in [-0.39, 0.29) is 36.7 Å². The van der Waals surface area contributed by atoms with Crippen molar-refractivity contribution in [3.8, 4) is 0 Å². The molecule has 0 heterocycles. The molecule has 0 spiro atoms. The average molecular weight is 284 g/mol. The highest BCUT2D eigenvalue weighted by Gasteiger charge is 2.44. The van der Waals surface area contributed by atoms with Crippen LogP contribution in [0.5, 0.6) is 0 Å². The molecule has 0 bridgehead atoms. The van der Waals surface area contributed by atoms with Crippen molar-refractivity contribution in [2.45, 2.75) is 37.6 Å². The number of carboxylic acids is 1. The van der Waals surface area contributed by atoms with Gasteiger partial charge in [0.2, 0.25) is 5.92 Å². The van der Waals surface area contributed by atoms with Gasteiger partial charge in [0, 0.05) is 34.1 Å². The Kier molecular flexibility index (Phi) is 4.66. The summed E-state index contributed by atoms with van der Waals surface area (Å²) >= 11 is 0. The number of alkyl halides is 2. The molecule has 0 aromatic heterocycles. The summed E-state index contributed by atoms with van der Waals surface area (Å²) in [5.74, 6) is -4.01. The van der Waals surface area contributed by atoms with Crippen molar-refractivity contribution in [1.29, 1.82) is 4.78 Å². The molecule has 106 valence electrons. The first kappa shape index (κ1) is 15.3. The van der Waals surface area contributed by atoms with E-state index < -0.39 is 27.7 Å². The smallest absolute Gasteiger partial charge is 0.320 e. The minimum absolute atomic E-state index is 0.0293. The number of hydrogen-bond acceptors (Lipinski definition) is 4. The average Bonchev–Trinajstić information content (AvgIpc) is 2.20. The Morgan fingerprint density at radius 1 is 1.50 bits per heavy atom. The van der Waals surface area contributed by atoms with Crippen LogP contribution < -0.4 is 5.73 Å². The number of halogens is 2. The topological polar surface area (TPSA) is 104 Å². The molecular weight excluding hydrogens is 266 g/mol. The van der Waals surface area contributed by atoms with Gasteiger partial charge in [0.05, 0.1) is 0 Å². The first-order chi connectivity index (χ1) is 8.11. The van der Waals surface area contributed by atoms with Gasteiger partial charge >= 0.3 is 5.97 Å². The van der Waals surface area contributed by atoms with Crippen LogP contribution in [0.1, 0.15) is 25.7 Å². The van der Waals surface area contributed by atoms with Crippen LogP contribution in [0, 0.1) is 10.7 Å². The molecule has 1 rings (SSSR count). The van der Waals surface area contributed by atoms with E-state index in [4.69, 9.17) is 15.6 Å². The van der Waals surface area contributed by atoms with Crippen molar-refractivity contribution in [3.05, 3.63) is 0 Å². The fourth-order valence-corrected chi connectivity index (χ4v) is 3.44. The highest BCUT2D eigenvalue weighted by molar-refractivity contribution is 7.92. The molecule has 2 atom stereocenters. The second-order valence-corrected chi connectivity index (χ2v) is 7.31. The van der Waals surface area contributed by atoms with Crippen LogP contribution in [0.15, 0.2) is 0 Å². The highest BCUT2D eigenvalue weighted by Crippen LogP contribution is 2.44. The lowest BCUT2D eigenvalue weighted by Crippen LogP contribution is -2.36. The predicted molar refractivity (Wildman–Crippen MR) is 63.1 cm³/mol. The molecule has 0 aliphatic heterocycles. The lowest BCUT2D eigenvalue weighted by atomic mass is 9.80. The van der Waals surface area contributed by atoms with Crippen molar-refractivity contribution in [2.24, 2.45) is 11.7 Å². The quantitative estimate of drug-likeness (QED) is 0.654. The van der Waals surface area contributed by atoms with Crippen LogP contribution in [-0.4, -0.2) is 38.8 Å². The first-order valence-electron chi connectivity index (χ1n) is 5.72. The van der Waals surface area contributed by atoms with E-state index in [0.29, 0.717) is 6.42 Å². The Balaban J connectivity index is 2.26. The number of hydrogen-bond donors (Lipinski definition) is 3. The van der Waals surface area contributed by atoms with Gasteiger partial charge in [-0.25, -0.2) is 13.0 Å². The highest BCUT2D eigenvalue weighted by atomic mass is 32.2. The van der Waals surface area contributed by atoms with Gasteiger partial charge in [0.25, 0.3) is 0 Å². The van der Waals surface area contributed by atoms with E-state index in [9.17, 15) is 17.8 Å². The fourth-order valence-electron chi connectivity index (χ4n) is 1.89. The molecule has 0 radical (unpaired) electrons. The third kappa shape index (κ3) is 4.85. The Morgan fingerprint density at radius 3 is 2.50 bits per heavy atom. The van der Waals surface area contributed by atoms with Crippen molar-refractivity contribution in [2.75, 3.05) is 11.5 Å². The fraction of sp³-hybridized carbons (Fsp3) is 0.900. The number of carbonyl (C=O) groups is 1. The summed E-state index contributed by atoms with van der Waals surface area (Å²) in [6.07, 6.45) is -0.0902. The lowest BCUT2D eigenvalue weighted by molar-refractivity contribution is -0.138. The number of nitrogens with two attached hydrogens (primary N) is 1. The Labute approximate surface area is 105 Å². The van der Waals surface area contributed by atoms with Gasteiger partial charge in [-0.3, -0.25) is 9.57 Å². The first-order valence-corrected chi connectivity index (χ1v) is 7.61. The lowest BCUT2D eigenvalue weighted by Gasteiger charge is -2.35. The Hall–Kier alpha value is -0.760. The Bertz CT molecular complexity index is 403. The minimum Gasteiger partial charge on any atom is -0.480 e. The maximum absolute atomic E-state index is 12.6. The van der Waals surface area contributed by atoms with E-state index in [1.165, 1.54) is 0 Å². The summed E-state index contributed by atoms with van der Waals surface area (Å²) in [4.78, 5) is 10.4. The standard InChI is InChI=1S/C10H18F2N2O3S/c11-10(12)5-7(6-10)1-3-18(14,17)4-2-8(13)9(15)16/h7-8,14H,1-6,13H2,(H,15,16). The molecule has 1 aliphatic rings. The summed E-state index contributed by atoms with van der Waals surface area (Å²) in [5, 5.41) is 8.54. The number of rotatable bonds is 7. The van der Waals surface area contributed by atoms with E-state index in [1.54, 1.807) is 0 Å². The van der Waals surface area contributed by atoms with Crippen LogP contribution in [-0.2, 0) is 14.5 Å². The van der Waals surface area contributed by atoms with Gasteiger partial charge < -0.3 is 10.8 Å². The molecule has 0 aromatic rings. The normalized spacial score (nSPS) is 23.9. The molecule has 1 aliphatic carbocycles. The van der Waals surface area contributed by atoms with E-state index >= 15 is 0 Å². The van der Waals surface area contributed by atoms with Crippen molar-refractivity contribution >= 4 is 15.7 Å². The third-order valence-corrected chi connectivity index (χ3v) is 4.90. The molecule has 18 heavy (non-hydrogen) atoms. The maximum atomic E-state index is 12.6. The molecular formula is C10H18F2N2O3S. The van der Waals surface area contributed by atoms with Gasteiger partial charge in [0.15, 0.2) is 0 Å². The zero-order chi connectivity index (χ0) is 14.0. The van der Waals surface area contributed by atoms with Gasteiger partial charge in [-0.1, -0.05) is 0 Å². The van der Waals surface area contributed by atoms with Gasteiger partial charge in [-0.2, -0.15) is 0 Å². The Morgan fingerprint density at radius 2 is 2.06 bits per heavy atom. The zero-order valence-corrected chi connectivity index (χ0v) is 10.7. The minimum atomic E-state index is -2.91. The summed E-state index contributed by atoms with van der Waals surface area (Å²) in [5.41, 5.74) is 5.24. The van der Waals surface area contributed by atoms with E-state index in [1.807, 2.05) is 0 Å². The van der Waals surface area contributed by atoms with Crippen LogP contribution in [0.4, 0.5) is 8.78 Å². The second-order valence-electron chi connectivity index (χ2n) is 4.87. The number of aliphatic carboxylic acids is 1. The summed E-state index contributed by atoms with van der Waals surface area (Å²) < 4.78 is 44.4. The molecule has 2 unspecified atom stereocenters. The third-order valence-electron chi connectivity index (χ3n) is 3.11.